The van der Waals surface area contributed by atoms with Crippen molar-refractivity contribution in [2.24, 2.45) is 17.3 Å². The summed E-state index contributed by atoms with van der Waals surface area (Å²) in [6.45, 7) is 11.3. The molecule has 50 heavy (non-hydrogen) atoms. The molecule has 3 N–H and O–H groups in total. The first-order valence-electron chi connectivity index (χ1n) is 17.0. The van der Waals surface area contributed by atoms with E-state index in [9.17, 15) is 19.2 Å². The number of nitrogens with one attached hydrogen (secondary N) is 3. The molecular formula is C36H50Cl3N5O6. The molecule has 0 radical (unpaired) electrons. The number of ether oxygens (including phenoxy) is 2. The third kappa shape index (κ3) is 11.3. The molecule has 0 spiro atoms. The number of aryl methyl sites for hydroxylation is 1. The molecule has 1 aromatic heterocycles. The first kappa shape index (κ1) is 41.5. The number of pyridine rings is 1. The van der Waals surface area contributed by atoms with Crippen molar-refractivity contribution in [1.29, 1.82) is 0 Å². The van der Waals surface area contributed by atoms with Crippen molar-refractivity contribution in [3.8, 4) is 0 Å². The second-order valence-corrected chi connectivity index (χ2v) is 15.8. The number of halogens is 3. The third-order valence-corrected chi connectivity index (χ3v) is 9.36. The Balaban J connectivity index is 1.76. The van der Waals surface area contributed by atoms with Crippen LogP contribution in [0.3, 0.4) is 0 Å². The Morgan fingerprint density at radius 3 is 2.42 bits per heavy atom. The molecule has 5 unspecified atom stereocenters. The molecular weight excluding hydrogens is 705 g/mol. The number of alkyl halides is 3. The van der Waals surface area contributed by atoms with Crippen LogP contribution in [0.25, 0.3) is 17.0 Å². The van der Waals surface area contributed by atoms with Crippen LogP contribution in [0.5, 0.6) is 0 Å². The second-order valence-electron chi connectivity index (χ2n) is 13.2. The predicted molar refractivity (Wildman–Crippen MR) is 197 cm³/mol. The minimum Gasteiger partial charge on any atom is -0.460 e. The smallest absolute Gasteiger partial charge is 0.325 e. The lowest BCUT2D eigenvalue weighted by Gasteiger charge is -2.36. The van der Waals surface area contributed by atoms with E-state index in [0.717, 1.165) is 28.6 Å². The van der Waals surface area contributed by atoms with E-state index in [1.54, 1.807) is 14.0 Å². The van der Waals surface area contributed by atoms with Gasteiger partial charge in [0.1, 0.15) is 24.7 Å². The maximum Gasteiger partial charge on any atom is 0.325 e. The van der Waals surface area contributed by atoms with Gasteiger partial charge in [0.15, 0.2) is 0 Å². The normalized spacial score (nSPS) is 18.4. The van der Waals surface area contributed by atoms with E-state index in [0.29, 0.717) is 32.4 Å². The number of nitrogens with zero attached hydrogens (tertiary/aromatic N) is 2. The van der Waals surface area contributed by atoms with Crippen LogP contribution >= 0.6 is 34.8 Å². The van der Waals surface area contributed by atoms with Crippen LogP contribution < -0.4 is 16.1 Å². The summed E-state index contributed by atoms with van der Waals surface area (Å²) in [5.74, 6) is -2.48. The number of hydrogen-bond acceptors (Lipinski definition) is 8. The molecule has 11 nitrogen and oxygen atoms in total. The molecule has 5 atom stereocenters. The number of hydrazine groups is 1. The summed E-state index contributed by atoms with van der Waals surface area (Å²) in [4.78, 5) is 58.4. The lowest BCUT2D eigenvalue weighted by molar-refractivity contribution is -0.152. The molecule has 3 amide bonds. The number of amides is 3. The molecule has 0 bridgehead atoms. The van der Waals surface area contributed by atoms with Crippen molar-refractivity contribution in [2.45, 2.75) is 89.1 Å². The molecule has 2 aromatic rings. The van der Waals surface area contributed by atoms with Gasteiger partial charge in [-0.3, -0.25) is 29.2 Å². The minimum absolute atomic E-state index is 0.204. The number of aromatic nitrogens is 1. The number of carbonyl (C=O) groups is 4. The van der Waals surface area contributed by atoms with Crippen LogP contribution in [0.4, 0.5) is 0 Å². The average Bonchev–Trinajstić information content (AvgIpc) is 3.09. The Hall–Kier alpha value is -2.96. The van der Waals surface area contributed by atoms with Gasteiger partial charge in [0, 0.05) is 24.7 Å². The maximum atomic E-state index is 14.2. The number of esters is 1. The van der Waals surface area contributed by atoms with Gasteiger partial charge < -0.3 is 20.1 Å². The average molecular weight is 755 g/mol. The Morgan fingerprint density at radius 2 is 1.80 bits per heavy atom. The van der Waals surface area contributed by atoms with Gasteiger partial charge in [-0.25, -0.2) is 5.43 Å². The van der Waals surface area contributed by atoms with E-state index in [4.69, 9.17) is 49.3 Å². The van der Waals surface area contributed by atoms with Crippen LogP contribution in [0, 0.1) is 17.3 Å². The first-order chi connectivity index (χ1) is 23.5. The summed E-state index contributed by atoms with van der Waals surface area (Å²) in [5, 5.41) is 8.04. The highest BCUT2D eigenvalue weighted by Crippen LogP contribution is 2.34. The minimum atomic E-state index is -1.76. The quantitative estimate of drug-likeness (QED) is 0.159. The van der Waals surface area contributed by atoms with E-state index in [1.807, 2.05) is 64.1 Å². The fourth-order valence-electron chi connectivity index (χ4n) is 5.86. The zero-order valence-electron chi connectivity index (χ0n) is 29.9. The van der Waals surface area contributed by atoms with Crippen molar-refractivity contribution in [3.63, 3.8) is 0 Å². The van der Waals surface area contributed by atoms with Gasteiger partial charge in [-0.05, 0) is 69.1 Å². The van der Waals surface area contributed by atoms with Gasteiger partial charge in [-0.15, -0.1) is 0 Å². The van der Waals surface area contributed by atoms with E-state index < -0.39 is 51.7 Å². The van der Waals surface area contributed by atoms with Crippen molar-refractivity contribution >= 4 is 75.5 Å². The Labute approximate surface area is 310 Å². The third-order valence-electron chi connectivity index (χ3n) is 9.04. The zero-order valence-corrected chi connectivity index (χ0v) is 32.1. The lowest BCUT2D eigenvalue weighted by Crippen LogP contribution is -2.61. The topological polar surface area (TPSA) is 139 Å². The van der Waals surface area contributed by atoms with Crippen LogP contribution in [0.15, 0.2) is 36.4 Å². The van der Waals surface area contributed by atoms with Crippen molar-refractivity contribution in [3.05, 3.63) is 47.7 Å². The molecule has 0 aliphatic carbocycles. The Kier molecular flexibility index (Phi) is 15.3. The van der Waals surface area contributed by atoms with Crippen LogP contribution in [-0.4, -0.2) is 82.5 Å². The van der Waals surface area contributed by atoms with Crippen LogP contribution in [0.2, 0.25) is 0 Å². The maximum absolute atomic E-state index is 14.2. The van der Waals surface area contributed by atoms with E-state index in [2.05, 4.69) is 29.0 Å². The fraction of sp³-hybridized carbons (Fsp3) is 0.583. The summed E-state index contributed by atoms with van der Waals surface area (Å²) in [6, 6.07) is 7.32. The highest BCUT2D eigenvalue weighted by Gasteiger charge is 2.41. The van der Waals surface area contributed by atoms with Gasteiger partial charge in [0.05, 0.1) is 17.5 Å². The van der Waals surface area contributed by atoms with Crippen LogP contribution in [-0.2, 0) is 35.1 Å². The standard InChI is InChI=1S/C36H50Cl3N5O6/c1-8-26(20-49-7)35(6,17-16-24-12-13-25-14-15-27(9-2)41-29(25)19-24)34(48)42-30(22(3)4)31(45)40-23(5)32(46)44-18-10-11-28(43-44)33(47)50-21-36(37,38)39/h12-17,19,22-23,26,28,30,43H,8-11,18,20-21H2,1-7H3,(H,40,45)(H,42,48)/b17-16+. The molecule has 0 saturated carbocycles. The van der Waals surface area contributed by atoms with Gasteiger partial charge >= 0.3 is 5.97 Å². The molecule has 1 aliphatic heterocycles. The van der Waals surface area contributed by atoms with Crippen molar-refractivity contribution in [2.75, 3.05) is 26.9 Å². The molecule has 1 fully saturated rings. The number of fused-ring (bicyclic) bond motifs is 1. The largest absolute Gasteiger partial charge is 0.460 e. The van der Waals surface area contributed by atoms with Crippen LogP contribution in [0.1, 0.15) is 72.1 Å². The lowest BCUT2D eigenvalue weighted by atomic mass is 9.74. The number of carbonyl (C=O) groups excluding carboxylic acids is 4. The SMILES string of the molecule is CCc1ccc2ccc(/C=C/C(C)(C(=O)NC(C(=O)NC(C)C(=O)N3CCCC(C(=O)OCC(Cl)(Cl)Cl)N3)C(C)C)C(CC)COC)cc2n1. The summed E-state index contributed by atoms with van der Waals surface area (Å²) in [6.07, 6.45) is 6.19. The van der Waals surface area contributed by atoms with E-state index >= 15 is 0 Å². The highest BCUT2D eigenvalue weighted by atomic mass is 35.6. The molecule has 2 heterocycles. The molecule has 276 valence electrons. The fourth-order valence-corrected chi connectivity index (χ4v) is 6.02. The number of methoxy groups -OCH3 is 1. The zero-order chi connectivity index (χ0) is 37.2. The van der Waals surface area contributed by atoms with Gasteiger partial charge in [0.2, 0.25) is 15.6 Å². The second kappa shape index (κ2) is 18.5. The van der Waals surface area contributed by atoms with Crippen molar-refractivity contribution in [1.82, 2.24) is 26.1 Å². The number of rotatable bonds is 15. The molecule has 1 aromatic carbocycles. The van der Waals surface area contributed by atoms with Gasteiger partial charge in [-0.2, -0.15) is 0 Å². The van der Waals surface area contributed by atoms with Gasteiger partial charge in [0.25, 0.3) is 5.91 Å². The number of benzene rings is 1. The summed E-state index contributed by atoms with van der Waals surface area (Å²) < 4.78 is 8.82. The monoisotopic (exact) mass is 753 g/mol. The first-order valence-corrected chi connectivity index (χ1v) is 18.2. The summed E-state index contributed by atoms with van der Waals surface area (Å²) >= 11 is 17.1. The van der Waals surface area contributed by atoms with E-state index in [-0.39, 0.29) is 17.7 Å². The molecule has 1 aliphatic rings. The van der Waals surface area contributed by atoms with Gasteiger partial charge in [-0.1, -0.05) is 92.8 Å². The Morgan fingerprint density at radius 1 is 1.10 bits per heavy atom. The van der Waals surface area contributed by atoms with E-state index in [1.165, 1.54) is 5.01 Å². The van der Waals surface area contributed by atoms with Crippen molar-refractivity contribution < 1.29 is 28.7 Å². The molecule has 14 heteroatoms. The highest BCUT2D eigenvalue weighted by molar-refractivity contribution is 6.67. The molecule has 3 rings (SSSR count). The summed E-state index contributed by atoms with van der Waals surface area (Å²) in [5.41, 5.74) is 4.57. The predicted octanol–water partition coefficient (Wildman–Crippen LogP) is 5.54. The molecule has 1 saturated heterocycles. The number of hydrogen-bond donors (Lipinski definition) is 3. The summed E-state index contributed by atoms with van der Waals surface area (Å²) in [7, 11) is 1.60. The Bertz CT molecular complexity index is 1530.